The molecule has 0 radical (unpaired) electrons. The lowest BCUT2D eigenvalue weighted by Crippen LogP contribution is -2.26. The van der Waals surface area contributed by atoms with Crippen molar-refractivity contribution in [1.29, 1.82) is 0 Å². The average molecular weight is 351 g/mol. The number of amides is 1. The van der Waals surface area contributed by atoms with E-state index in [4.69, 9.17) is 16.6 Å². The van der Waals surface area contributed by atoms with Crippen LogP contribution in [0.2, 0.25) is 5.02 Å². The summed E-state index contributed by atoms with van der Waals surface area (Å²) < 4.78 is 0. The number of benzene rings is 2. The number of hydrogen-bond donors (Lipinski definition) is 0. The maximum absolute atomic E-state index is 13.1. The first kappa shape index (κ1) is 16.1. The summed E-state index contributed by atoms with van der Waals surface area (Å²) in [7, 11) is 1.84. The number of fused-ring (bicyclic) bond motifs is 1. The fourth-order valence-corrected chi connectivity index (χ4v) is 3.23. The van der Waals surface area contributed by atoms with E-state index in [0.29, 0.717) is 17.5 Å². The van der Waals surface area contributed by atoms with Gasteiger partial charge in [-0.1, -0.05) is 41.9 Å². The summed E-state index contributed by atoms with van der Waals surface area (Å²) in [6, 6.07) is 17.5. The summed E-state index contributed by atoms with van der Waals surface area (Å²) in [5.74, 6) is 0.535. The number of para-hydroxylation sites is 1. The van der Waals surface area contributed by atoms with Gasteiger partial charge in [-0.2, -0.15) is 0 Å². The van der Waals surface area contributed by atoms with Crippen LogP contribution in [0.15, 0.2) is 54.6 Å². The zero-order valence-electron chi connectivity index (χ0n) is 14.1. The smallest absolute Gasteiger partial charge is 0.254 e. The van der Waals surface area contributed by atoms with Gasteiger partial charge in [0.1, 0.15) is 0 Å². The van der Waals surface area contributed by atoms with E-state index in [0.717, 1.165) is 27.7 Å². The van der Waals surface area contributed by atoms with E-state index in [2.05, 4.69) is 0 Å². The van der Waals surface area contributed by atoms with Gasteiger partial charge >= 0.3 is 0 Å². The lowest BCUT2D eigenvalue weighted by atomic mass is 10.0. The molecule has 1 saturated carbocycles. The molecule has 25 heavy (non-hydrogen) atoms. The van der Waals surface area contributed by atoms with Crippen LogP contribution in [0.4, 0.5) is 0 Å². The predicted molar refractivity (Wildman–Crippen MR) is 101 cm³/mol. The molecule has 1 amide bonds. The van der Waals surface area contributed by atoms with Crippen LogP contribution in [-0.2, 0) is 6.54 Å². The summed E-state index contributed by atoms with van der Waals surface area (Å²) in [5.41, 5.74) is 3.74. The van der Waals surface area contributed by atoms with E-state index < -0.39 is 0 Å². The highest BCUT2D eigenvalue weighted by molar-refractivity contribution is 6.30. The number of aromatic nitrogens is 1. The van der Waals surface area contributed by atoms with Crippen molar-refractivity contribution in [3.05, 3.63) is 76.4 Å². The first-order valence-corrected chi connectivity index (χ1v) is 8.89. The van der Waals surface area contributed by atoms with Gasteiger partial charge < -0.3 is 4.90 Å². The van der Waals surface area contributed by atoms with Gasteiger partial charge in [0, 0.05) is 35.6 Å². The van der Waals surface area contributed by atoms with Crippen LogP contribution in [0.25, 0.3) is 10.9 Å². The molecule has 3 aromatic rings. The van der Waals surface area contributed by atoms with Gasteiger partial charge in [0.2, 0.25) is 0 Å². The fraction of sp³-hybridized carbons (Fsp3) is 0.238. The van der Waals surface area contributed by atoms with Crippen molar-refractivity contribution in [2.24, 2.45) is 0 Å². The molecule has 0 atom stereocenters. The second kappa shape index (κ2) is 6.49. The Morgan fingerprint density at radius 3 is 2.60 bits per heavy atom. The van der Waals surface area contributed by atoms with Gasteiger partial charge in [-0.05, 0) is 42.7 Å². The third kappa shape index (κ3) is 3.38. The molecule has 0 bridgehead atoms. The van der Waals surface area contributed by atoms with Crippen molar-refractivity contribution < 1.29 is 4.79 Å². The van der Waals surface area contributed by atoms with Crippen molar-refractivity contribution >= 4 is 28.4 Å². The van der Waals surface area contributed by atoms with Crippen LogP contribution in [0.1, 0.15) is 40.4 Å². The molecule has 0 aliphatic heterocycles. The SMILES string of the molecule is CN(Cc1ccc(Cl)cc1)C(=O)c1cc(C2CC2)nc2ccccc12. The van der Waals surface area contributed by atoms with Gasteiger partial charge in [-0.25, -0.2) is 0 Å². The molecule has 1 aliphatic carbocycles. The Bertz CT molecular complexity index is 932. The van der Waals surface area contributed by atoms with Crippen molar-refractivity contribution in [1.82, 2.24) is 9.88 Å². The lowest BCUT2D eigenvalue weighted by Gasteiger charge is -2.19. The number of carbonyl (C=O) groups is 1. The van der Waals surface area contributed by atoms with Gasteiger partial charge in [0.05, 0.1) is 11.1 Å². The number of pyridine rings is 1. The maximum atomic E-state index is 13.1. The Hall–Kier alpha value is -2.39. The van der Waals surface area contributed by atoms with E-state index in [1.54, 1.807) is 4.90 Å². The molecule has 2 aromatic carbocycles. The van der Waals surface area contributed by atoms with E-state index >= 15 is 0 Å². The van der Waals surface area contributed by atoms with Gasteiger partial charge in [-0.3, -0.25) is 9.78 Å². The van der Waals surface area contributed by atoms with Crippen LogP contribution in [0, 0.1) is 0 Å². The second-order valence-electron chi connectivity index (χ2n) is 6.67. The zero-order chi connectivity index (χ0) is 17.4. The van der Waals surface area contributed by atoms with Crippen LogP contribution in [0.5, 0.6) is 0 Å². The third-order valence-corrected chi connectivity index (χ3v) is 4.89. The maximum Gasteiger partial charge on any atom is 0.254 e. The van der Waals surface area contributed by atoms with Crippen molar-refractivity contribution in [3.8, 4) is 0 Å². The minimum Gasteiger partial charge on any atom is -0.337 e. The number of halogens is 1. The molecule has 3 nitrogen and oxygen atoms in total. The Kier molecular flexibility index (Phi) is 4.18. The predicted octanol–water partition coefficient (Wildman–Crippen LogP) is 5.04. The molecule has 1 heterocycles. The Morgan fingerprint density at radius 1 is 1.16 bits per heavy atom. The molecule has 1 fully saturated rings. The molecular weight excluding hydrogens is 332 g/mol. The highest BCUT2D eigenvalue weighted by Gasteiger charge is 2.27. The molecule has 4 heteroatoms. The normalized spacial score (nSPS) is 13.8. The minimum absolute atomic E-state index is 0.0236. The van der Waals surface area contributed by atoms with Gasteiger partial charge in [0.25, 0.3) is 5.91 Å². The monoisotopic (exact) mass is 350 g/mol. The highest BCUT2D eigenvalue weighted by Crippen LogP contribution is 2.40. The van der Waals surface area contributed by atoms with Crippen LogP contribution in [-0.4, -0.2) is 22.8 Å². The largest absolute Gasteiger partial charge is 0.337 e. The van der Waals surface area contributed by atoms with E-state index in [1.807, 2.05) is 61.6 Å². The Labute approximate surface area is 152 Å². The Morgan fingerprint density at radius 2 is 1.88 bits per heavy atom. The average Bonchev–Trinajstić information content (AvgIpc) is 3.47. The van der Waals surface area contributed by atoms with E-state index in [-0.39, 0.29) is 5.91 Å². The van der Waals surface area contributed by atoms with E-state index in [9.17, 15) is 4.79 Å². The molecule has 1 aromatic heterocycles. The summed E-state index contributed by atoms with van der Waals surface area (Å²) in [4.78, 5) is 19.6. The topological polar surface area (TPSA) is 33.2 Å². The first-order chi connectivity index (χ1) is 12.1. The van der Waals surface area contributed by atoms with Crippen molar-refractivity contribution in [3.63, 3.8) is 0 Å². The number of rotatable bonds is 4. The second-order valence-corrected chi connectivity index (χ2v) is 7.11. The molecule has 0 N–H and O–H groups in total. The summed E-state index contributed by atoms with van der Waals surface area (Å²) >= 11 is 5.94. The first-order valence-electron chi connectivity index (χ1n) is 8.51. The molecule has 0 unspecified atom stereocenters. The fourth-order valence-electron chi connectivity index (χ4n) is 3.10. The number of carbonyl (C=O) groups excluding carboxylic acids is 1. The molecule has 0 saturated heterocycles. The molecule has 126 valence electrons. The van der Waals surface area contributed by atoms with Gasteiger partial charge in [0.15, 0.2) is 0 Å². The van der Waals surface area contributed by atoms with Crippen LogP contribution < -0.4 is 0 Å². The lowest BCUT2D eigenvalue weighted by molar-refractivity contribution is 0.0787. The number of nitrogens with zero attached hydrogens (tertiary/aromatic N) is 2. The van der Waals surface area contributed by atoms with Crippen molar-refractivity contribution in [2.45, 2.75) is 25.3 Å². The standard InChI is InChI=1S/C21H19ClN2O/c1-24(13-14-6-10-16(22)11-7-14)21(25)18-12-20(15-8-9-15)23-19-5-3-2-4-17(18)19/h2-7,10-12,15H,8-9,13H2,1H3. The Balaban J connectivity index is 1.67. The van der Waals surface area contributed by atoms with Gasteiger partial charge in [-0.15, -0.1) is 0 Å². The molecule has 0 spiro atoms. The van der Waals surface area contributed by atoms with Crippen molar-refractivity contribution in [2.75, 3.05) is 7.05 Å². The van der Waals surface area contributed by atoms with E-state index in [1.165, 1.54) is 12.8 Å². The summed E-state index contributed by atoms with van der Waals surface area (Å²) in [5, 5.41) is 1.62. The highest BCUT2D eigenvalue weighted by atomic mass is 35.5. The molecule has 4 rings (SSSR count). The molecular formula is C21H19ClN2O. The van der Waals surface area contributed by atoms with Crippen LogP contribution in [0.3, 0.4) is 0 Å². The quantitative estimate of drug-likeness (QED) is 0.660. The summed E-state index contributed by atoms with van der Waals surface area (Å²) in [6.45, 7) is 0.547. The summed E-state index contributed by atoms with van der Waals surface area (Å²) in [6.07, 6.45) is 2.33. The molecule has 1 aliphatic rings. The number of hydrogen-bond acceptors (Lipinski definition) is 2. The van der Waals surface area contributed by atoms with Crippen LogP contribution >= 0.6 is 11.6 Å². The zero-order valence-corrected chi connectivity index (χ0v) is 14.8. The minimum atomic E-state index is 0.0236. The third-order valence-electron chi connectivity index (χ3n) is 4.64.